The van der Waals surface area contributed by atoms with E-state index in [1.165, 1.54) is 6.07 Å². The van der Waals surface area contributed by atoms with E-state index in [0.717, 1.165) is 11.1 Å². The third kappa shape index (κ3) is 4.57. The number of hydrogen-bond donors (Lipinski definition) is 2. The summed E-state index contributed by atoms with van der Waals surface area (Å²) in [4.78, 5) is 14.6. The highest BCUT2D eigenvalue weighted by Crippen LogP contribution is 2.20. The number of aromatic hydroxyl groups is 1. The summed E-state index contributed by atoms with van der Waals surface area (Å²) < 4.78 is 0. The lowest BCUT2D eigenvalue weighted by Crippen LogP contribution is -2.38. The van der Waals surface area contributed by atoms with E-state index in [0.29, 0.717) is 18.5 Å². The lowest BCUT2D eigenvalue weighted by Gasteiger charge is -2.29. The maximum Gasteiger partial charge on any atom is 0.254 e. The van der Waals surface area contributed by atoms with E-state index >= 15 is 0 Å². The third-order valence-corrected chi connectivity index (χ3v) is 3.84. The summed E-state index contributed by atoms with van der Waals surface area (Å²) in [6.07, 6.45) is 0.510. The number of carbonyl (C=O) groups is 1. The second-order valence-corrected chi connectivity index (χ2v) is 5.84. The molecule has 4 heteroatoms. The van der Waals surface area contributed by atoms with Crippen LogP contribution in [-0.2, 0) is 6.54 Å². The van der Waals surface area contributed by atoms with Gasteiger partial charge in [0, 0.05) is 24.8 Å². The molecule has 0 fully saturated rings. The van der Waals surface area contributed by atoms with Gasteiger partial charge < -0.3 is 15.1 Å². The van der Waals surface area contributed by atoms with Gasteiger partial charge in [-0.2, -0.15) is 0 Å². The topological polar surface area (TPSA) is 60.8 Å². The molecule has 0 aliphatic heterocycles. The third-order valence-electron chi connectivity index (χ3n) is 3.84. The van der Waals surface area contributed by atoms with Crippen molar-refractivity contribution in [3.63, 3.8) is 0 Å². The molecule has 0 saturated heterocycles. The van der Waals surface area contributed by atoms with Crippen molar-refractivity contribution in [1.82, 2.24) is 4.90 Å². The molecule has 0 heterocycles. The van der Waals surface area contributed by atoms with E-state index in [2.05, 4.69) is 0 Å². The number of phenolic OH excluding ortho intramolecular Hbond substituents is 1. The summed E-state index contributed by atoms with van der Waals surface area (Å²) in [7, 11) is 0. The predicted molar refractivity (Wildman–Crippen MR) is 90.3 cm³/mol. The molecule has 1 unspecified atom stereocenters. The Labute approximate surface area is 137 Å². The minimum absolute atomic E-state index is 0.0266. The fourth-order valence-corrected chi connectivity index (χ4v) is 2.60. The first-order valence-corrected chi connectivity index (χ1v) is 7.77. The molecule has 2 aromatic carbocycles. The molecule has 1 amide bonds. The molecule has 0 aliphatic carbocycles. The van der Waals surface area contributed by atoms with Crippen molar-refractivity contribution in [2.75, 3.05) is 6.61 Å². The van der Waals surface area contributed by atoms with Crippen LogP contribution in [0.1, 0.15) is 34.8 Å². The van der Waals surface area contributed by atoms with Crippen LogP contribution in [0.2, 0.25) is 0 Å². The summed E-state index contributed by atoms with van der Waals surface area (Å²) in [6, 6.07) is 14.5. The summed E-state index contributed by atoms with van der Waals surface area (Å²) in [5, 5.41) is 19.0. The molecule has 0 radical (unpaired) electrons. The van der Waals surface area contributed by atoms with Gasteiger partial charge in [0.25, 0.3) is 5.91 Å². The van der Waals surface area contributed by atoms with Crippen molar-refractivity contribution >= 4 is 5.91 Å². The van der Waals surface area contributed by atoms with Crippen LogP contribution in [0.15, 0.2) is 48.5 Å². The van der Waals surface area contributed by atoms with Gasteiger partial charge in [-0.25, -0.2) is 0 Å². The van der Waals surface area contributed by atoms with Crippen LogP contribution in [-0.4, -0.2) is 33.7 Å². The van der Waals surface area contributed by atoms with Gasteiger partial charge in [0.05, 0.1) is 0 Å². The van der Waals surface area contributed by atoms with Gasteiger partial charge in [0.15, 0.2) is 0 Å². The van der Waals surface area contributed by atoms with Crippen LogP contribution in [0.3, 0.4) is 0 Å². The van der Waals surface area contributed by atoms with Crippen molar-refractivity contribution < 1.29 is 15.0 Å². The number of nitrogens with zero attached hydrogens (tertiary/aromatic N) is 1. The zero-order valence-corrected chi connectivity index (χ0v) is 13.6. The average Bonchev–Trinajstić information content (AvgIpc) is 2.52. The van der Waals surface area contributed by atoms with E-state index in [9.17, 15) is 15.0 Å². The average molecular weight is 313 g/mol. The predicted octanol–water partition coefficient (Wildman–Crippen LogP) is 3.11. The van der Waals surface area contributed by atoms with Gasteiger partial charge in [-0.1, -0.05) is 30.3 Å². The van der Waals surface area contributed by atoms with Gasteiger partial charge in [0.2, 0.25) is 0 Å². The van der Waals surface area contributed by atoms with Gasteiger partial charge in [-0.05, 0) is 49.6 Å². The second kappa shape index (κ2) is 7.79. The summed E-state index contributed by atoms with van der Waals surface area (Å²) in [5.74, 6) is -0.0587. The molecular weight excluding hydrogens is 290 g/mol. The number of hydrogen-bond acceptors (Lipinski definition) is 3. The fraction of sp³-hybridized carbons (Fsp3) is 0.316. The quantitative estimate of drug-likeness (QED) is 0.861. The number of phenols is 1. The SMILES string of the molecule is Cc1cc(O)cc(C(=O)N(Cc2ccccc2)C(C)CCO)c1. The Balaban J connectivity index is 2.30. The number of aryl methyl sites for hydroxylation is 1. The highest BCUT2D eigenvalue weighted by Gasteiger charge is 2.22. The van der Waals surface area contributed by atoms with Gasteiger partial charge in [-0.15, -0.1) is 0 Å². The Morgan fingerprint density at radius 3 is 2.48 bits per heavy atom. The maximum atomic E-state index is 12.9. The van der Waals surface area contributed by atoms with Crippen molar-refractivity contribution in [3.8, 4) is 5.75 Å². The van der Waals surface area contributed by atoms with Gasteiger partial charge >= 0.3 is 0 Å². The maximum absolute atomic E-state index is 12.9. The van der Waals surface area contributed by atoms with E-state index in [1.54, 1.807) is 17.0 Å². The molecule has 1 atom stereocenters. The lowest BCUT2D eigenvalue weighted by molar-refractivity contribution is 0.0648. The van der Waals surface area contributed by atoms with Gasteiger partial charge in [0.1, 0.15) is 5.75 Å². The monoisotopic (exact) mass is 313 g/mol. The van der Waals surface area contributed by atoms with E-state index in [1.807, 2.05) is 44.2 Å². The Morgan fingerprint density at radius 2 is 1.87 bits per heavy atom. The zero-order valence-electron chi connectivity index (χ0n) is 13.6. The number of amides is 1. The minimum atomic E-state index is -0.145. The van der Waals surface area contributed by atoms with E-state index < -0.39 is 0 Å². The molecule has 0 aromatic heterocycles. The Kier molecular flexibility index (Phi) is 5.77. The largest absolute Gasteiger partial charge is 0.508 e. The molecule has 2 N–H and O–H groups in total. The molecule has 2 rings (SSSR count). The van der Waals surface area contributed by atoms with E-state index in [-0.39, 0.29) is 24.3 Å². The summed E-state index contributed by atoms with van der Waals surface area (Å²) in [6.45, 7) is 4.26. The summed E-state index contributed by atoms with van der Waals surface area (Å²) in [5.41, 5.74) is 2.33. The number of carbonyl (C=O) groups excluding carboxylic acids is 1. The minimum Gasteiger partial charge on any atom is -0.508 e. The highest BCUT2D eigenvalue weighted by molar-refractivity contribution is 5.95. The van der Waals surface area contributed by atoms with Crippen LogP contribution < -0.4 is 0 Å². The first kappa shape index (κ1) is 17.0. The van der Waals surface area contributed by atoms with Crippen LogP contribution in [0.25, 0.3) is 0 Å². The summed E-state index contributed by atoms with van der Waals surface area (Å²) >= 11 is 0. The molecular formula is C19H23NO3. The number of rotatable bonds is 6. The normalized spacial score (nSPS) is 12.0. The van der Waals surface area contributed by atoms with Crippen LogP contribution >= 0.6 is 0 Å². The first-order valence-electron chi connectivity index (χ1n) is 7.77. The highest BCUT2D eigenvalue weighted by atomic mass is 16.3. The van der Waals surface area contributed by atoms with Crippen molar-refractivity contribution in [3.05, 3.63) is 65.2 Å². The number of aliphatic hydroxyl groups is 1. The van der Waals surface area contributed by atoms with E-state index in [4.69, 9.17) is 0 Å². The van der Waals surface area contributed by atoms with Crippen LogP contribution in [0.4, 0.5) is 0 Å². The fourth-order valence-electron chi connectivity index (χ4n) is 2.60. The molecule has 2 aromatic rings. The Morgan fingerprint density at radius 1 is 1.17 bits per heavy atom. The molecule has 4 nitrogen and oxygen atoms in total. The number of aliphatic hydroxyl groups excluding tert-OH is 1. The van der Waals surface area contributed by atoms with Crippen molar-refractivity contribution in [2.45, 2.75) is 32.9 Å². The lowest BCUT2D eigenvalue weighted by atomic mass is 10.1. The standard InChI is InChI=1S/C19H23NO3/c1-14-10-17(12-18(22)11-14)19(23)20(15(2)8-9-21)13-16-6-4-3-5-7-16/h3-7,10-12,15,21-22H,8-9,13H2,1-2H3. The zero-order chi connectivity index (χ0) is 16.8. The molecule has 122 valence electrons. The molecule has 0 aliphatic rings. The van der Waals surface area contributed by atoms with Crippen molar-refractivity contribution in [2.24, 2.45) is 0 Å². The van der Waals surface area contributed by atoms with Crippen LogP contribution in [0, 0.1) is 6.92 Å². The molecule has 0 spiro atoms. The Hall–Kier alpha value is -2.33. The number of benzene rings is 2. The second-order valence-electron chi connectivity index (χ2n) is 5.84. The first-order chi connectivity index (χ1) is 11.0. The van der Waals surface area contributed by atoms with Gasteiger partial charge in [-0.3, -0.25) is 4.79 Å². The smallest absolute Gasteiger partial charge is 0.254 e. The molecule has 0 saturated carbocycles. The Bertz CT molecular complexity index is 635. The van der Waals surface area contributed by atoms with Crippen LogP contribution in [0.5, 0.6) is 5.75 Å². The molecule has 0 bridgehead atoms. The van der Waals surface area contributed by atoms with Crippen molar-refractivity contribution in [1.29, 1.82) is 0 Å². The molecule has 23 heavy (non-hydrogen) atoms.